The van der Waals surface area contributed by atoms with Crippen LogP contribution in [0.3, 0.4) is 0 Å². The highest BCUT2D eigenvalue weighted by Gasteiger charge is 2.19. The summed E-state index contributed by atoms with van der Waals surface area (Å²) in [5.41, 5.74) is 0.348. The molecule has 0 saturated carbocycles. The highest BCUT2D eigenvalue weighted by molar-refractivity contribution is 7.86. The Balaban J connectivity index is 2.37. The molecule has 2 atom stereocenters. The molecule has 0 radical (unpaired) electrons. The minimum atomic E-state index is -1.03. The molecule has 1 rings (SSSR count). The van der Waals surface area contributed by atoms with E-state index in [1.54, 1.807) is 6.92 Å². The minimum Gasteiger partial charge on any atom is -0.338 e. The molecule has 130 valence electrons. The Kier molecular flexibility index (Phi) is 7.12. The van der Waals surface area contributed by atoms with Crippen molar-refractivity contribution >= 4 is 16.8 Å². The van der Waals surface area contributed by atoms with E-state index in [2.05, 4.69) is 10.6 Å². The number of rotatable bonds is 6. The van der Waals surface area contributed by atoms with Gasteiger partial charge in [0, 0.05) is 46.4 Å². The standard InChI is InChI=1S/C16H24F2N2O2S/c1-11(13-6-5-12(17)9-14(13)18)10-20-15(21)19-7-8-23(22)16(2,3)4/h5-6,9,11H,7-8,10H2,1-4H3,(H2,19,20,21)/t11-,23-/m1/s1. The van der Waals surface area contributed by atoms with Crippen molar-refractivity contribution in [2.24, 2.45) is 0 Å². The lowest BCUT2D eigenvalue weighted by atomic mass is 10.0. The summed E-state index contributed by atoms with van der Waals surface area (Å²) in [4.78, 5) is 11.7. The third kappa shape index (κ3) is 6.64. The van der Waals surface area contributed by atoms with Gasteiger partial charge in [-0.1, -0.05) is 13.0 Å². The molecule has 7 heteroatoms. The van der Waals surface area contributed by atoms with E-state index >= 15 is 0 Å². The highest BCUT2D eigenvalue weighted by Crippen LogP contribution is 2.19. The maximum atomic E-state index is 13.6. The summed E-state index contributed by atoms with van der Waals surface area (Å²) >= 11 is 0. The molecule has 0 aliphatic heterocycles. The summed E-state index contributed by atoms with van der Waals surface area (Å²) in [6.07, 6.45) is 0. The molecule has 0 aliphatic carbocycles. The van der Waals surface area contributed by atoms with Gasteiger partial charge in [-0.3, -0.25) is 4.21 Å². The number of hydrogen-bond acceptors (Lipinski definition) is 2. The molecular formula is C16H24F2N2O2S. The van der Waals surface area contributed by atoms with Crippen LogP contribution in [0.15, 0.2) is 18.2 Å². The zero-order valence-electron chi connectivity index (χ0n) is 13.9. The van der Waals surface area contributed by atoms with Crippen LogP contribution in [0, 0.1) is 11.6 Å². The van der Waals surface area contributed by atoms with Gasteiger partial charge in [0.1, 0.15) is 11.6 Å². The number of carbonyl (C=O) groups excluding carboxylic acids is 1. The van der Waals surface area contributed by atoms with E-state index in [1.165, 1.54) is 12.1 Å². The SMILES string of the molecule is C[C@H](CNC(=O)NCC[S@@](=O)C(C)(C)C)c1ccc(F)cc1F. The number of urea groups is 1. The third-order valence-corrected chi connectivity index (χ3v) is 5.26. The summed E-state index contributed by atoms with van der Waals surface area (Å²) in [6, 6.07) is 3.00. The Bertz CT molecular complexity index is 574. The lowest BCUT2D eigenvalue weighted by molar-refractivity contribution is 0.241. The molecule has 1 aromatic rings. The number of benzene rings is 1. The topological polar surface area (TPSA) is 58.2 Å². The van der Waals surface area contributed by atoms with Crippen LogP contribution in [0.1, 0.15) is 39.2 Å². The fourth-order valence-corrected chi connectivity index (χ4v) is 2.78. The van der Waals surface area contributed by atoms with Crippen molar-refractivity contribution in [3.63, 3.8) is 0 Å². The molecule has 0 heterocycles. The molecule has 1 aromatic carbocycles. The molecule has 0 bridgehead atoms. The van der Waals surface area contributed by atoms with Gasteiger partial charge in [0.15, 0.2) is 0 Å². The van der Waals surface area contributed by atoms with Gasteiger partial charge in [-0.05, 0) is 32.4 Å². The van der Waals surface area contributed by atoms with Crippen molar-refractivity contribution in [2.75, 3.05) is 18.8 Å². The average molecular weight is 346 g/mol. The van der Waals surface area contributed by atoms with Gasteiger partial charge < -0.3 is 10.6 Å². The first-order valence-corrected chi connectivity index (χ1v) is 8.78. The predicted molar refractivity (Wildman–Crippen MR) is 88.9 cm³/mol. The monoisotopic (exact) mass is 346 g/mol. The Morgan fingerprint density at radius 1 is 1.26 bits per heavy atom. The van der Waals surface area contributed by atoms with Gasteiger partial charge in [0.2, 0.25) is 0 Å². The molecule has 0 spiro atoms. The fourth-order valence-electron chi connectivity index (χ4n) is 1.88. The maximum absolute atomic E-state index is 13.6. The molecule has 2 amide bonds. The smallest absolute Gasteiger partial charge is 0.314 e. The van der Waals surface area contributed by atoms with Crippen molar-refractivity contribution in [2.45, 2.75) is 38.4 Å². The fraction of sp³-hybridized carbons (Fsp3) is 0.562. The first kappa shape index (κ1) is 19.5. The molecule has 2 N–H and O–H groups in total. The zero-order chi connectivity index (χ0) is 17.6. The van der Waals surface area contributed by atoms with E-state index in [0.717, 1.165) is 6.07 Å². The summed E-state index contributed by atoms with van der Waals surface area (Å²) < 4.78 is 38.0. The van der Waals surface area contributed by atoms with Gasteiger partial charge in [-0.25, -0.2) is 13.6 Å². The number of halogens is 2. The number of hydrogen-bond donors (Lipinski definition) is 2. The Labute approximate surface area is 138 Å². The van der Waals surface area contributed by atoms with Crippen molar-refractivity contribution in [1.29, 1.82) is 0 Å². The van der Waals surface area contributed by atoms with Crippen molar-refractivity contribution in [3.8, 4) is 0 Å². The van der Waals surface area contributed by atoms with E-state index < -0.39 is 28.5 Å². The van der Waals surface area contributed by atoms with E-state index in [-0.39, 0.29) is 17.2 Å². The molecule has 0 aliphatic rings. The Hall–Kier alpha value is -1.50. The largest absolute Gasteiger partial charge is 0.338 e. The van der Waals surface area contributed by atoms with E-state index in [0.29, 0.717) is 17.9 Å². The van der Waals surface area contributed by atoms with E-state index in [9.17, 15) is 17.8 Å². The zero-order valence-corrected chi connectivity index (χ0v) is 14.7. The Morgan fingerprint density at radius 2 is 1.91 bits per heavy atom. The van der Waals surface area contributed by atoms with E-state index in [1.807, 2.05) is 20.8 Å². The normalized spacial score (nSPS) is 14.2. The molecule has 4 nitrogen and oxygen atoms in total. The molecule has 0 saturated heterocycles. The van der Waals surface area contributed by atoms with Crippen molar-refractivity contribution < 1.29 is 17.8 Å². The van der Waals surface area contributed by atoms with Gasteiger partial charge in [0.05, 0.1) is 0 Å². The minimum absolute atomic E-state index is 0.219. The van der Waals surface area contributed by atoms with Crippen molar-refractivity contribution in [1.82, 2.24) is 10.6 Å². The Morgan fingerprint density at radius 3 is 2.48 bits per heavy atom. The molecule has 0 fully saturated rings. The summed E-state index contributed by atoms with van der Waals surface area (Å²) in [5.74, 6) is -1.17. The van der Waals surface area contributed by atoms with Crippen molar-refractivity contribution in [3.05, 3.63) is 35.4 Å². The average Bonchev–Trinajstić information content (AvgIpc) is 2.43. The number of nitrogens with one attached hydrogen (secondary N) is 2. The first-order chi connectivity index (χ1) is 10.6. The first-order valence-electron chi connectivity index (χ1n) is 7.46. The third-order valence-electron chi connectivity index (χ3n) is 3.32. The molecule has 0 unspecified atom stereocenters. The van der Waals surface area contributed by atoms with Gasteiger partial charge in [-0.15, -0.1) is 0 Å². The van der Waals surface area contributed by atoms with Crippen LogP contribution in [0.25, 0.3) is 0 Å². The molecule has 0 aromatic heterocycles. The second-order valence-corrected chi connectivity index (χ2v) is 8.69. The van der Waals surface area contributed by atoms with Crippen LogP contribution in [-0.2, 0) is 10.8 Å². The van der Waals surface area contributed by atoms with E-state index in [4.69, 9.17) is 0 Å². The number of carbonyl (C=O) groups is 1. The maximum Gasteiger partial charge on any atom is 0.314 e. The summed E-state index contributed by atoms with van der Waals surface area (Å²) in [5, 5.41) is 5.25. The predicted octanol–water partition coefficient (Wildman–Crippen LogP) is 2.91. The van der Waals surface area contributed by atoms with Crippen LogP contribution in [0.5, 0.6) is 0 Å². The molecular weight excluding hydrogens is 322 g/mol. The van der Waals surface area contributed by atoms with Crippen LogP contribution in [0.2, 0.25) is 0 Å². The van der Waals surface area contributed by atoms with Crippen LogP contribution in [-0.4, -0.2) is 33.8 Å². The lowest BCUT2D eigenvalue weighted by Gasteiger charge is -2.18. The second-order valence-electron chi connectivity index (χ2n) is 6.37. The van der Waals surface area contributed by atoms with Gasteiger partial charge >= 0.3 is 6.03 Å². The molecule has 23 heavy (non-hydrogen) atoms. The highest BCUT2D eigenvalue weighted by atomic mass is 32.2. The second kappa shape index (κ2) is 8.38. The van der Waals surface area contributed by atoms with Gasteiger partial charge in [-0.2, -0.15) is 0 Å². The summed E-state index contributed by atoms with van der Waals surface area (Å²) in [7, 11) is -1.03. The van der Waals surface area contributed by atoms with Crippen LogP contribution >= 0.6 is 0 Å². The van der Waals surface area contributed by atoms with Crippen LogP contribution < -0.4 is 10.6 Å². The van der Waals surface area contributed by atoms with Gasteiger partial charge in [0.25, 0.3) is 0 Å². The van der Waals surface area contributed by atoms with Crippen LogP contribution in [0.4, 0.5) is 13.6 Å². The number of amides is 2. The quantitative estimate of drug-likeness (QED) is 0.832. The summed E-state index contributed by atoms with van der Waals surface area (Å²) in [6.45, 7) is 7.89. The lowest BCUT2D eigenvalue weighted by Crippen LogP contribution is -2.40.